The molecule has 3 heterocycles. The summed E-state index contributed by atoms with van der Waals surface area (Å²) < 4.78 is 11.0. The normalized spacial score (nSPS) is 17.4. The average Bonchev–Trinajstić information content (AvgIpc) is 3.26. The third-order valence-electron chi connectivity index (χ3n) is 5.66. The van der Waals surface area contributed by atoms with Crippen LogP contribution in [0.1, 0.15) is 34.1 Å². The van der Waals surface area contributed by atoms with Crippen molar-refractivity contribution in [3.8, 4) is 11.1 Å². The van der Waals surface area contributed by atoms with E-state index in [0.29, 0.717) is 5.92 Å². The monoisotopic (exact) mass is 358 g/mol. The van der Waals surface area contributed by atoms with Crippen molar-refractivity contribution >= 4 is 11.0 Å². The fourth-order valence-electron chi connectivity index (χ4n) is 4.37. The van der Waals surface area contributed by atoms with E-state index in [1.807, 2.05) is 19.9 Å². The van der Waals surface area contributed by atoms with E-state index in [1.54, 1.807) is 6.26 Å². The molecule has 0 N–H and O–H groups in total. The number of hydrogen-bond acceptors (Lipinski definition) is 4. The highest BCUT2D eigenvalue weighted by Gasteiger charge is 2.26. The minimum Gasteiger partial charge on any atom is -0.464 e. The van der Waals surface area contributed by atoms with Gasteiger partial charge in [-0.2, -0.15) is 0 Å². The summed E-state index contributed by atoms with van der Waals surface area (Å²) in [4.78, 5) is 2.39. The zero-order chi connectivity index (χ0) is 18.5. The van der Waals surface area contributed by atoms with E-state index in [-0.39, 0.29) is 0 Å². The van der Waals surface area contributed by atoms with Crippen LogP contribution in [-0.4, -0.2) is 23.6 Å². The molecule has 4 nitrogen and oxygen atoms in total. The molecule has 1 aliphatic rings. The van der Waals surface area contributed by atoms with Crippen LogP contribution in [0.2, 0.25) is 0 Å². The Labute approximate surface area is 158 Å². The third-order valence-corrected chi connectivity index (χ3v) is 5.66. The van der Waals surface area contributed by atoms with Crippen molar-refractivity contribution in [1.82, 2.24) is 10.1 Å². The molecule has 2 aromatic carbocycles. The molecule has 0 aliphatic carbocycles. The summed E-state index contributed by atoms with van der Waals surface area (Å²) in [7, 11) is 2.18. The van der Waals surface area contributed by atoms with E-state index in [0.717, 1.165) is 41.1 Å². The molecular formula is C23H22N2O2. The number of aromatic nitrogens is 1. The van der Waals surface area contributed by atoms with Gasteiger partial charge in [0.2, 0.25) is 0 Å². The van der Waals surface area contributed by atoms with Gasteiger partial charge in [-0.05, 0) is 61.3 Å². The SMILES string of the molecule is Cc1noc(C)c1-c1ccc2c(c1)CN(C)CC2c1ccc2ccoc2c1. The summed E-state index contributed by atoms with van der Waals surface area (Å²) in [5.74, 6) is 1.21. The van der Waals surface area contributed by atoms with Gasteiger partial charge < -0.3 is 13.8 Å². The summed E-state index contributed by atoms with van der Waals surface area (Å²) in [5.41, 5.74) is 8.25. The van der Waals surface area contributed by atoms with Gasteiger partial charge in [0, 0.05) is 30.0 Å². The Kier molecular flexibility index (Phi) is 3.69. The lowest BCUT2D eigenvalue weighted by atomic mass is 9.83. The van der Waals surface area contributed by atoms with Crippen LogP contribution in [-0.2, 0) is 6.54 Å². The third kappa shape index (κ3) is 2.68. The molecule has 0 saturated heterocycles. The van der Waals surface area contributed by atoms with Crippen LogP contribution in [0, 0.1) is 13.8 Å². The smallest absolute Gasteiger partial charge is 0.141 e. The molecule has 2 aromatic heterocycles. The van der Waals surface area contributed by atoms with Gasteiger partial charge >= 0.3 is 0 Å². The Bertz CT molecular complexity index is 1120. The van der Waals surface area contributed by atoms with Crippen molar-refractivity contribution in [2.45, 2.75) is 26.3 Å². The van der Waals surface area contributed by atoms with Gasteiger partial charge in [-0.3, -0.25) is 0 Å². The molecule has 1 aliphatic heterocycles. The Hall–Kier alpha value is -2.85. The molecule has 0 saturated carbocycles. The lowest BCUT2D eigenvalue weighted by Crippen LogP contribution is -2.31. The van der Waals surface area contributed by atoms with E-state index < -0.39 is 0 Å². The second-order valence-electron chi connectivity index (χ2n) is 7.58. The minimum absolute atomic E-state index is 0.340. The summed E-state index contributed by atoms with van der Waals surface area (Å²) in [6, 6.07) is 15.4. The number of benzene rings is 2. The van der Waals surface area contributed by atoms with Crippen molar-refractivity contribution in [3.63, 3.8) is 0 Å². The first-order valence-corrected chi connectivity index (χ1v) is 9.32. The van der Waals surface area contributed by atoms with Crippen LogP contribution in [0.3, 0.4) is 0 Å². The van der Waals surface area contributed by atoms with Gasteiger partial charge in [-0.15, -0.1) is 0 Å². The number of aryl methyl sites for hydroxylation is 2. The quantitative estimate of drug-likeness (QED) is 0.489. The highest BCUT2D eigenvalue weighted by atomic mass is 16.5. The van der Waals surface area contributed by atoms with Crippen LogP contribution in [0.15, 0.2) is 57.7 Å². The van der Waals surface area contributed by atoms with Gasteiger partial charge in [-0.1, -0.05) is 29.4 Å². The topological polar surface area (TPSA) is 42.4 Å². The zero-order valence-electron chi connectivity index (χ0n) is 15.8. The first-order valence-electron chi connectivity index (χ1n) is 9.32. The van der Waals surface area contributed by atoms with E-state index in [1.165, 1.54) is 22.3 Å². The molecule has 0 fully saturated rings. The lowest BCUT2D eigenvalue weighted by Gasteiger charge is -2.33. The van der Waals surface area contributed by atoms with Crippen LogP contribution in [0.4, 0.5) is 0 Å². The molecular weight excluding hydrogens is 336 g/mol. The average molecular weight is 358 g/mol. The summed E-state index contributed by atoms with van der Waals surface area (Å²) in [5, 5.41) is 5.26. The zero-order valence-corrected chi connectivity index (χ0v) is 15.8. The highest BCUT2D eigenvalue weighted by molar-refractivity contribution is 5.78. The number of nitrogens with zero attached hydrogens (tertiary/aromatic N) is 2. The number of likely N-dealkylation sites (N-methyl/N-ethyl adjacent to an activating group) is 1. The maximum Gasteiger partial charge on any atom is 0.141 e. The van der Waals surface area contributed by atoms with Gasteiger partial charge in [-0.25, -0.2) is 0 Å². The maximum absolute atomic E-state index is 5.63. The van der Waals surface area contributed by atoms with Gasteiger partial charge in [0.05, 0.1) is 12.0 Å². The molecule has 5 rings (SSSR count). The molecule has 0 bridgehead atoms. The van der Waals surface area contributed by atoms with Crippen LogP contribution in [0.25, 0.3) is 22.1 Å². The number of hydrogen-bond donors (Lipinski definition) is 0. The van der Waals surface area contributed by atoms with E-state index in [9.17, 15) is 0 Å². The fourth-order valence-corrected chi connectivity index (χ4v) is 4.37. The Morgan fingerprint density at radius 1 is 1.07 bits per heavy atom. The first kappa shape index (κ1) is 16.3. The van der Waals surface area contributed by atoms with Gasteiger partial charge in [0.25, 0.3) is 0 Å². The van der Waals surface area contributed by atoms with Crippen molar-refractivity contribution < 1.29 is 8.94 Å². The number of rotatable bonds is 2. The Morgan fingerprint density at radius 3 is 2.78 bits per heavy atom. The largest absolute Gasteiger partial charge is 0.464 e. The molecule has 27 heavy (non-hydrogen) atoms. The molecule has 0 spiro atoms. The van der Waals surface area contributed by atoms with E-state index >= 15 is 0 Å². The van der Waals surface area contributed by atoms with Crippen molar-refractivity contribution in [1.29, 1.82) is 0 Å². The highest BCUT2D eigenvalue weighted by Crippen LogP contribution is 2.37. The second-order valence-corrected chi connectivity index (χ2v) is 7.58. The number of furan rings is 1. The molecule has 0 radical (unpaired) electrons. The van der Waals surface area contributed by atoms with Crippen molar-refractivity contribution in [2.24, 2.45) is 0 Å². The summed E-state index contributed by atoms with van der Waals surface area (Å²) >= 11 is 0. The van der Waals surface area contributed by atoms with Crippen LogP contribution in [0.5, 0.6) is 0 Å². The van der Waals surface area contributed by atoms with Crippen molar-refractivity contribution in [3.05, 3.63) is 76.9 Å². The molecule has 136 valence electrons. The first-order chi connectivity index (χ1) is 13.1. The molecule has 0 amide bonds. The van der Waals surface area contributed by atoms with Gasteiger partial charge in [0.1, 0.15) is 11.3 Å². The standard InChI is InChI=1S/C23H22N2O2/c1-14-23(15(2)27-24-14)18-6-7-20-19(10-18)12-25(3)13-21(20)17-5-4-16-8-9-26-22(16)11-17/h4-11,21H,12-13H2,1-3H3. The predicted octanol–water partition coefficient (Wildman–Crippen LogP) is 5.28. The summed E-state index contributed by atoms with van der Waals surface area (Å²) in [6.45, 7) is 5.93. The fraction of sp³-hybridized carbons (Fsp3) is 0.261. The minimum atomic E-state index is 0.340. The van der Waals surface area contributed by atoms with Crippen LogP contribution < -0.4 is 0 Å². The molecule has 1 unspecified atom stereocenters. The second kappa shape index (κ2) is 6.10. The Morgan fingerprint density at radius 2 is 1.96 bits per heavy atom. The van der Waals surface area contributed by atoms with Gasteiger partial charge in [0.15, 0.2) is 0 Å². The number of fused-ring (bicyclic) bond motifs is 2. The summed E-state index contributed by atoms with van der Waals surface area (Å²) in [6.07, 6.45) is 1.76. The molecule has 4 heteroatoms. The maximum atomic E-state index is 5.63. The Balaban J connectivity index is 1.61. The predicted molar refractivity (Wildman–Crippen MR) is 106 cm³/mol. The van der Waals surface area contributed by atoms with Crippen LogP contribution >= 0.6 is 0 Å². The van der Waals surface area contributed by atoms with Crippen molar-refractivity contribution in [2.75, 3.05) is 13.6 Å². The van der Waals surface area contributed by atoms with E-state index in [4.69, 9.17) is 8.94 Å². The van der Waals surface area contributed by atoms with E-state index in [2.05, 4.69) is 53.5 Å². The lowest BCUT2D eigenvalue weighted by molar-refractivity contribution is 0.295. The molecule has 4 aromatic rings. The molecule has 1 atom stereocenters.